The first-order valence-electron chi connectivity index (χ1n) is 6.82. The van der Waals surface area contributed by atoms with Crippen molar-refractivity contribution in [1.29, 1.82) is 0 Å². The van der Waals surface area contributed by atoms with Gasteiger partial charge in [0.25, 0.3) is 0 Å². The van der Waals surface area contributed by atoms with Crippen molar-refractivity contribution < 1.29 is 18.3 Å². The number of ether oxygens (including phenoxy) is 1. The van der Waals surface area contributed by atoms with Gasteiger partial charge in [-0.15, -0.1) is 0 Å². The third kappa shape index (κ3) is 5.13. The molecule has 0 aromatic heterocycles. The molecular formula is C14H17ClF2N2O2. The molecule has 0 spiro atoms. The maximum absolute atomic E-state index is 12.1. The summed E-state index contributed by atoms with van der Waals surface area (Å²) in [4.78, 5) is 11.8. The fourth-order valence-electron chi connectivity index (χ4n) is 2.30. The lowest BCUT2D eigenvalue weighted by Crippen LogP contribution is -2.23. The normalized spacial score (nSPS) is 18.0. The van der Waals surface area contributed by atoms with Gasteiger partial charge < -0.3 is 15.4 Å². The van der Waals surface area contributed by atoms with Crippen LogP contribution in [0.1, 0.15) is 25.7 Å². The zero-order valence-electron chi connectivity index (χ0n) is 11.4. The molecule has 0 radical (unpaired) electrons. The number of hydrogen-bond donors (Lipinski definition) is 2. The highest BCUT2D eigenvalue weighted by Crippen LogP contribution is 2.29. The first-order chi connectivity index (χ1) is 10.0. The molecule has 1 aliphatic heterocycles. The molecular weight excluding hydrogens is 302 g/mol. The monoisotopic (exact) mass is 318 g/mol. The number of carbonyl (C=O) groups excluding carboxylic acids is 1. The van der Waals surface area contributed by atoms with Gasteiger partial charge in [-0.2, -0.15) is 8.78 Å². The number of rotatable bonds is 6. The SMILES string of the molecule is O=C(CCC1CCCN1)Nc1ccc(OC(F)F)c(Cl)c1. The number of halogens is 3. The standard InChI is InChI=1S/C14H17ClF2N2O2/c15-11-8-10(3-5-12(11)21-14(16)17)19-13(20)6-4-9-2-1-7-18-9/h3,5,8-9,14,18H,1-2,4,6-7H2,(H,19,20). The minimum Gasteiger partial charge on any atom is -0.433 e. The Morgan fingerprint density at radius 3 is 2.95 bits per heavy atom. The van der Waals surface area contributed by atoms with Crippen LogP contribution in [0, 0.1) is 0 Å². The summed E-state index contributed by atoms with van der Waals surface area (Å²) in [5, 5.41) is 6.05. The molecule has 0 bridgehead atoms. The Bertz CT molecular complexity index is 494. The smallest absolute Gasteiger partial charge is 0.387 e. The number of carbonyl (C=O) groups is 1. The molecule has 7 heteroatoms. The van der Waals surface area contributed by atoms with E-state index in [4.69, 9.17) is 11.6 Å². The summed E-state index contributed by atoms with van der Waals surface area (Å²) < 4.78 is 28.4. The molecule has 1 unspecified atom stereocenters. The second-order valence-electron chi connectivity index (χ2n) is 4.90. The van der Waals surface area contributed by atoms with Crippen LogP contribution in [0.25, 0.3) is 0 Å². The summed E-state index contributed by atoms with van der Waals surface area (Å²) in [7, 11) is 0. The summed E-state index contributed by atoms with van der Waals surface area (Å²) in [6.07, 6.45) is 3.43. The lowest BCUT2D eigenvalue weighted by molar-refractivity contribution is -0.116. The number of benzene rings is 1. The van der Waals surface area contributed by atoms with E-state index in [1.54, 1.807) is 0 Å². The summed E-state index contributed by atoms with van der Waals surface area (Å²) in [6.45, 7) is -1.92. The fourth-order valence-corrected chi connectivity index (χ4v) is 2.53. The zero-order valence-corrected chi connectivity index (χ0v) is 12.1. The Balaban J connectivity index is 1.84. The molecule has 21 heavy (non-hydrogen) atoms. The molecule has 4 nitrogen and oxygen atoms in total. The van der Waals surface area contributed by atoms with Gasteiger partial charge in [0.05, 0.1) is 5.02 Å². The Labute approximate surface area is 126 Å². The van der Waals surface area contributed by atoms with Crippen molar-refractivity contribution >= 4 is 23.2 Å². The lowest BCUT2D eigenvalue weighted by atomic mass is 10.1. The highest BCUT2D eigenvalue weighted by Gasteiger charge is 2.15. The van der Waals surface area contributed by atoms with E-state index in [-0.39, 0.29) is 16.7 Å². The number of nitrogens with one attached hydrogen (secondary N) is 2. The van der Waals surface area contributed by atoms with Crippen molar-refractivity contribution in [1.82, 2.24) is 5.32 Å². The van der Waals surface area contributed by atoms with E-state index >= 15 is 0 Å². The van der Waals surface area contributed by atoms with E-state index in [2.05, 4.69) is 15.4 Å². The number of amides is 1. The Morgan fingerprint density at radius 1 is 1.52 bits per heavy atom. The maximum Gasteiger partial charge on any atom is 0.387 e. The second kappa shape index (κ2) is 7.56. The van der Waals surface area contributed by atoms with Crippen molar-refractivity contribution in [2.75, 3.05) is 11.9 Å². The van der Waals surface area contributed by atoms with Gasteiger partial charge in [0, 0.05) is 18.2 Å². The van der Waals surface area contributed by atoms with Crippen molar-refractivity contribution in [2.45, 2.75) is 38.3 Å². The van der Waals surface area contributed by atoms with Gasteiger partial charge in [-0.1, -0.05) is 11.6 Å². The molecule has 1 amide bonds. The first-order valence-corrected chi connectivity index (χ1v) is 7.20. The predicted octanol–water partition coefficient (Wildman–Crippen LogP) is 3.41. The minimum absolute atomic E-state index is 0.0329. The summed E-state index contributed by atoms with van der Waals surface area (Å²) in [5.41, 5.74) is 0.464. The Kier molecular flexibility index (Phi) is 5.76. The fraction of sp³-hybridized carbons (Fsp3) is 0.500. The van der Waals surface area contributed by atoms with E-state index in [0.29, 0.717) is 18.2 Å². The Hall–Kier alpha value is -1.40. The van der Waals surface area contributed by atoms with Crippen LogP contribution in [0.3, 0.4) is 0 Å². The number of alkyl halides is 2. The van der Waals surface area contributed by atoms with Gasteiger partial charge in [0.2, 0.25) is 5.91 Å². The van der Waals surface area contributed by atoms with Crippen LogP contribution in [0.15, 0.2) is 18.2 Å². The molecule has 0 saturated carbocycles. The van der Waals surface area contributed by atoms with Crippen molar-refractivity contribution in [2.24, 2.45) is 0 Å². The van der Waals surface area contributed by atoms with Crippen LogP contribution in [-0.4, -0.2) is 25.1 Å². The van der Waals surface area contributed by atoms with Gasteiger partial charge in [0.1, 0.15) is 5.75 Å². The van der Waals surface area contributed by atoms with E-state index in [1.807, 2.05) is 0 Å². The zero-order chi connectivity index (χ0) is 15.2. The molecule has 1 aromatic carbocycles. The van der Waals surface area contributed by atoms with E-state index in [9.17, 15) is 13.6 Å². The molecule has 1 saturated heterocycles. The average Bonchev–Trinajstić information content (AvgIpc) is 2.92. The number of anilines is 1. The summed E-state index contributed by atoms with van der Waals surface area (Å²) in [6, 6.07) is 4.59. The molecule has 116 valence electrons. The molecule has 0 aliphatic carbocycles. The molecule has 1 aromatic rings. The topological polar surface area (TPSA) is 50.4 Å². The highest BCUT2D eigenvalue weighted by atomic mass is 35.5. The third-order valence-corrected chi connectivity index (χ3v) is 3.61. The quantitative estimate of drug-likeness (QED) is 0.845. The largest absolute Gasteiger partial charge is 0.433 e. The molecule has 1 aliphatic rings. The number of hydrogen-bond acceptors (Lipinski definition) is 3. The minimum atomic E-state index is -2.93. The van der Waals surface area contributed by atoms with E-state index in [1.165, 1.54) is 18.2 Å². The van der Waals surface area contributed by atoms with Gasteiger partial charge in [-0.3, -0.25) is 4.79 Å². The van der Waals surface area contributed by atoms with Crippen LogP contribution in [-0.2, 0) is 4.79 Å². The molecule has 1 atom stereocenters. The summed E-state index contributed by atoms with van der Waals surface area (Å²) >= 11 is 5.82. The average molecular weight is 319 g/mol. The van der Waals surface area contributed by atoms with Crippen molar-refractivity contribution in [3.8, 4) is 5.75 Å². The van der Waals surface area contributed by atoms with Crippen LogP contribution < -0.4 is 15.4 Å². The summed E-state index contributed by atoms with van der Waals surface area (Å²) in [5.74, 6) is -0.234. The Morgan fingerprint density at radius 2 is 2.33 bits per heavy atom. The molecule has 2 rings (SSSR count). The van der Waals surface area contributed by atoms with E-state index in [0.717, 1.165) is 25.8 Å². The predicted molar refractivity (Wildman–Crippen MR) is 77.0 cm³/mol. The molecule has 2 N–H and O–H groups in total. The van der Waals surface area contributed by atoms with Crippen molar-refractivity contribution in [3.63, 3.8) is 0 Å². The van der Waals surface area contributed by atoms with Gasteiger partial charge in [-0.05, 0) is 44.0 Å². The molecule has 1 heterocycles. The second-order valence-corrected chi connectivity index (χ2v) is 5.31. The molecule has 1 fully saturated rings. The lowest BCUT2D eigenvalue weighted by Gasteiger charge is -2.11. The van der Waals surface area contributed by atoms with Gasteiger partial charge >= 0.3 is 6.61 Å². The highest BCUT2D eigenvalue weighted by molar-refractivity contribution is 6.32. The van der Waals surface area contributed by atoms with Crippen molar-refractivity contribution in [3.05, 3.63) is 23.2 Å². The van der Waals surface area contributed by atoms with Gasteiger partial charge in [0.15, 0.2) is 0 Å². The third-order valence-electron chi connectivity index (χ3n) is 3.31. The van der Waals surface area contributed by atoms with Crippen LogP contribution in [0.5, 0.6) is 5.75 Å². The van der Waals surface area contributed by atoms with Crippen LogP contribution >= 0.6 is 11.6 Å². The first kappa shape index (κ1) is 16.0. The van der Waals surface area contributed by atoms with E-state index < -0.39 is 6.61 Å². The van der Waals surface area contributed by atoms with Gasteiger partial charge in [-0.25, -0.2) is 0 Å². The maximum atomic E-state index is 12.1. The van der Waals surface area contributed by atoms with Crippen LogP contribution in [0.4, 0.5) is 14.5 Å². The van der Waals surface area contributed by atoms with Crippen LogP contribution in [0.2, 0.25) is 5.02 Å².